The van der Waals surface area contributed by atoms with Crippen LogP contribution in [0, 0.1) is 5.82 Å². The SMILES string of the molecule is O=C(C[C@@H]1CCc2cc(C(C(F)(F)F)C(F)(F)F)ccc2N1Sc1ccc(F)cc1)NCC1CNC(=O)O1. The number of carbonyl (C=O) groups is 2. The number of nitrogens with zero attached hydrogens (tertiary/aromatic N) is 1. The fraction of sp³-hybridized carbons (Fsp3) is 0.417. The number of hydrogen-bond donors (Lipinski definition) is 2. The van der Waals surface area contributed by atoms with Gasteiger partial charge in [0.2, 0.25) is 5.91 Å². The van der Waals surface area contributed by atoms with Crippen LogP contribution in [0.3, 0.4) is 0 Å². The highest BCUT2D eigenvalue weighted by molar-refractivity contribution is 8.00. The number of alkyl carbamates (subject to hydrolysis) is 1. The first-order valence-electron chi connectivity index (χ1n) is 11.5. The molecule has 2 aromatic carbocycles. The van der Waals surface area contributed by atoms with Gasteiger partial charge in [0.25, 0.3) is 0 Å². The van der Waals surface area contributed by atoms with E-state index in [1.165, 1.54) is 30.3 Å². The van der Waals surface area contributed by atoms with E-state index in [1.54, 1.807) is 4.31 Å². The largest absolute Gasteiger partial charge is 0.442 e. The molecule has 206 valence electrons. The van der Waals surface area contributed by atoms with Crippen LogP contribution in [0.15, 0.2) is 47.4 Å². The number of amides is 2. The van der Waals surface area contributed by atoms with Gasteiger partial charge >= 0.3 is 18.4 Å². The molecule has 2 aliphatic rings. The number of rotatable bonds is 7. The van der Waals surface area contributed by atoms with Crippen molar-refractivity contribution in [3.05, 3.63) is 59.4 Å². The number of fused-ring (bicyclic) bond motifs is 1. The van der Waals surface area contributed by atoms with E-state index in [0.717, 1.165) is 24.1 Å². The fourth-order valence-electron chi connectivity index (χ4n) is 4.38. The van der Waals surface area contributed by atoms with Gasteiger partial charge in [-0.3, -0.25) is 4.79 Å². The van der Waals surface area contributed by atoms with Gasteiger partial charge < -0.3 is 19.7 Å². The zero-order valence-corrected chi connectivity index (χ0v) is 20.4. The zero-order valence-electron chi connectivity index (χ0n) is 19.5. The predicted octanol–water partition coefficient (Wildman–Crippen LogP) is 5.48. The molecule has 2 aromatic rings. The minimum Gasteiger partial charge on any atom is -0.442 e. The molecule has 14 heteroatoms. The third kappa shape index (κ3) is 6.63. The van der Waals surface area contributed by atoms with Crippen LogP contribution < -0.4 is 14.9 Å². The summed E-state index contributed by atoms with van der Waals surface area (Å²) in [6.45, 7) is 0.313. The molecule has 6 nitrogen and oxygen atoms in total. The summed E-state index contributed by atoms with van der Waals surface area (Å²) >= 11 is 1.10. The molecule has 1 fully saturated rings. The molecule has 2 atom stereocenters. The van der Waals surface area contributed by atoms with E-state index in [1.807, 2.05) is 0 Å². The van der Waals surface area contributed by atoms with Gasteiger partial charge in [0.05, 0.1) is 24.8 Å². The summed E-state index contributed by atoms with van der Waals surface area (Å²) in [6, 6.07) is 7.81. The predicted molar refractivity (Wildman–Crippen MR) is 124 cm³/mol. The molecule has 0 aliphatic carbocycles. The topological polar surface area (TPSA) is 70.7 Å². The number of ether oxygens (including phenoxy) is 1. The Labute approximate surface area is 217 Å². The van der Waals surface area contributed by atoms with Crippen molar-refractivity contribution >= 4 is 29.6 Å². The molecular formula is C24H22F7N3O3S. The van der Waals surface area contributed by atoms with Gasteiger partial charge in [0.1, 0.15) is 11.9 Å². The smallest absolute Gasteiger partial charge is 0.407 e. The Kier molecular flexibility index (Phi) is 8.00. The van der Waals surface area contributed by atoms with Gasteiger partial charge in [0, 0.05) is 11.3 Å². The second kappa shape index (κ2) is 10.9. The van der Waals surface area contributed by atoms with Crippen LogP contribution in [0.2, 0.25) is 0 Å². The Balaban J connectivity index is 1.58. The van der Waals surface area contributed by atoms with E-state index in [0.29, 0.717) is 10.6 Å². The second-order valence-electron chi connectivity index (χ2n) is 8.88. The molecule has 2 heterocycles. The van der Waals surface area contributed by atoms with Gasteiger partial charge in [-0.25, -0.2) is 9.18 Å². The highest BCUT2D eigenvalue weighted by Crippen LogP contribution is 2.48. The molecular weight excluding hydrogens is 543 g/mol. The fourth-order valence-corrected chi connectivity index (χ4v) is 5.47. The molecule has 2 N–H and O–H groups in total. The first-order valence-corrected chi connectivity index (χ1v) is 12.3. The van der Waals surface area contributed by atoms with Crippen molar-refractivity contribution < 1.29 is 45.1 Å². The van der Waals surface area contributed by atoms with Gasteiger partial charge in [-0.15, -0.1) is 0 Å². The lowest BCUT2D eigenvalue weighted by molar-refractivity contribution is -0.253. The lowest BCUT2D eigenvalue weighted by atomic mass is 9.90. The van der Waals surface area contributed by atoms with Crippen molar-refractivity contribution in [3.8, 4) is 0 Å². The third-order valence-corrected chi connectivity index (χ3v) is 7.30. The Bertz CT molecular complexity index is 1160. The van der Waals surface area contributed by atoms with Crippen molar-refractivity contribution in [1.82, 2.24) is 10.6 Å². The summed E-state index contributed by atoms with van der Waals surface area (Å²) in [7, 11) is 0. The van der Waals surface area contributed by atoms with Crippen LogP contribution in [-0.2, 0) is 16.0 Å². The maximum Gasteiger partial charge on any atom is 0.407 e. The molecule has 2 aliphatic heterocycles. The van der Waals surface area contributed by atoms with E-state index < -0.39 is 47.9 Å². The first kappa shape index (κ1) is 27.9. The summed E-state index contributed by atoms with van der Waals surface area (Å²) in [5.74, 6) is -4.49. The Morgan fingerprint density at radius 2 is 1.79 bits per heavy atom. The van der Waals surface area contributed by atoms with E-state index in [-0.39, 0.29) is 43.8 Å². The van der Waals surface area contributed by atoms with Gasteiger partial charge in [-0.1, -0.05) is 12.1 Å². The molecule has 0 saturated carbocycles. The molecule has 1 unspecified atom stereocenters. The van der Waals surface area contributed by atoms with Crippen LogP contribution in [0.4, 0.5) is 41.2 Å². The summed E-state index contributed by atoms with van der Waals surface area (Å²) < 4.78 is 99.8. The lowest BCUT2D eigenvalue weighted by Crippen LogP contribution is -2.41. The molecule has 2 amide bonds. The minimum absolute atomic E-state index is 0.0444. The first-order chi connectivity index (χ1) is 17.8. The Hall–Kier alpha value is -3.16. The highest BCUT2D eigenvalue weighted by atomic mass is 32.2. The summed E-state index contributed by atoms with van der Waals surface area (Å²) in [5, 5.41) is 5.14. The van der Waals surface area contributed by atoms with Gasteiger partial charge in [0.15, 0.2) is 5.92 Å². The van der Waals surface area contributed by atoms with E-state index in [2.05, 4.69) is 10.6 Å². The van der Waals surface area contributed by atoms with Crippen LogP contribution >= 0.6 is 11.9 Å². The van der Waals surface area contributed by atoms with Crippen molar-refractivity contribution in [2.24, 2.45) is 0 Å². The number of benzene rings is 2. The molecule has 1 saturated heterocycles. The molecule has 0 radical (unpaired) electrons. The average Bonchev–Trinajstić information content (AvgIpc) is 3.24. The third-order valence-electron chi connectivity index (χ3n) is 6.12. The van der Waals surface area contributed by atoms with Crippen molar-refractivity contribution in [3.63, 3.8) is 0 Å². The number of halogens is 7. The number of carbonyl (C=O) groups excluding carboxylic acids is 2. The summed E-state index contributed by atoms with van der Waals surface area (Å²) in [5.41, 5.74) is -0.272. The van der Waals surface area contributed by atoms with Crippen molar-refractivity contribution in [2.75, 3.05) is 17.4 Å². The van der Waals surface area contributed by atoms with Crippen molar-refractivity contribution in [1.29, 1.82) is 0 Å². The van der Waals surface area contributed by atoms with Crippen LogP contribution in [0.25, 0.3) is 0 Å². The lowest BCUT2D eigenvalue weighted by Gasteiger charge is -2.38. The summed E-state index contributed by atoms with van der Waals surface area (Å²) in [4.78, 5) is 24.4. The number of nitrogens with one attached hydrogen (secondary N) is 2. The number of anilines is 1. The average molecular weight is 566 g/mol. The molecule has 0 aromatic heterocycles. The van der Waals surface area contributed by atoms with Crippen LogP contribution in [0.5, 0.6) is 0 Å². The van der Waals surface area contributed by atoms with E-state index in [4.69, 9.17) is 4.74 Å². The maximum absolute atomic E-state index is 13.4. The van der Waals surface area contributed by atoms with E-state index in [9.17, 15) is 40.3 Å². The van der Waals surface area contributed by atoms with Crippen LogP contribution in [-0.4, -0.2) is 49.6 Å². The maximum atomic E-state index is 13.4. The number of alkyl halides is 6. The Morgan fingerprint density at radius 3 is 2.39 bits per heavy atom. The number of aryl methyl sites for hydroxylation is 1. The monoisotopic (exact) mass is 565 g/mol. The minimum atomic E-state index is -5.52. The molecule has 0 spiro atoms. The number of cyclic esters (lactones) is 1. The van der Waals surface area contributed by atoms with E-state index >= 15 is 0 Å². The summed E-state index contributed by atoms with van der Waals surface area (Å²) in [6.07, 6.45) is -11.8. The second-order valence-corrected chi connectivity index (χ2v) is 9.93. The quantitative estimate of drug-likeness (QED) is 0.344. The molecule has 38 heavy (non-hydrogen) atoms. The highest BCUT2D eigenvalue weighted by Gasteiger charge is 2.57. The van der Waals surface area contributed by atoms with Crippen molar-refractivity contribution in [2.45, 2.75) is 54.6 Å². The zero-order chi connectivity index (χ0) is 27.7. The standard InChI is InChI=1S/C24H22F7N3O3S/c25-15-3-6-18(7-4-15)38-34-16(10-20(35)32-11-17-12-33-22(36)37-17)5-1-13-9-14(2-8-19(13)34)21(23(26,27)28)24(29,30)31/h2-4,6-9,16-17,21H,1,5,10-12H2,(H,32,35)(H,33,36)/t16-,17?/m0/s1. The molecule has 4 rings (SSSR count). The van der Waals surface area contributed by atoms with Gasteiger partial charge in [-0.2, -0.15) is 26.3 Å². The normalized spacial score (nSPS) is 19.7. The molecule has 0 bridgehead atoms. The number of hydrogen-bond acceptors (Lipinski definition) is 5. The Morgan fingerprint density at radius 1 is 1.11 bits per heavy atom. The van der Waals surface area contributed by atoms with Crippen LogP contribution in [0.1, 0.15) is 29.9 Å². The van der Waals surface area contributed by atoms with Gasteiger partial charge in [-0.05, 0) is 66.2 Å².